The van der Waals surface area contributed by atoms with E-state index in [-0.39, 0.29) is 25.0 Å². The van der Waals surface area contributed by atoms with Crippen LogP contribution in [-0.2, 0) is 9.59 Å². The molecule has 0 saturated carbocycles. The molecule has 1 aliphatic heterocycles. The summed E-state index contributed by atoms with van der Waals surface area (Å²) >= 11 is 7.47. The molecule has 3 heterocycles. The molecule has 1 aromatic carbocycles. The van der Waals surface area contributed by atoms with Crippen molar-refractivity contribution >= 4 is 46.1 Å². The van der Waals surface area contributed by atoms with Gasteiger partial charge in [-0.1, -0.05) is 16.8 Å². The summed E-state index contributed by atoms with van der Waals surface area (Å²) in [6, 6.07) is 6.74. The maximum absolute atomic E-state index is 12.6. The SMILES string of the molecule is Cc1nc(-c2cc(NC(=O)CN3C(=O)COc4ccc(Cl)cc43)c(C)s2)no1. The number of halogens is 1. The largest absolute Gasteiger partial charge is 0.482 e. The number of hydrogen-bond acceptors (Lipinski definition) is 7. The molecule has 0 bridgehead atoms. The van der Waals surface area contributed by atoms with Crippen LogP contribution in [0, 0.1) is 13.8 Å². The molecular weight excluding hydrogens is 404 g/mol. The lowest BCUT2D eigenvalue weighted by atomic mass is 10.2. The highest BCUT2D eigenvalue weighted by Gasteiger charge is 2.28. The predicted octanol–water partition coefficient (Wildman–Crippen LogP) is 3.43. The molecule has 3 aromatic rings. The van der Waals surface area contributed by atoms with E-state index >= 15 is 0 Å². The molecule has 8 nitrogen and oxygen atoms in total. The van der Waals surface area contributed by atoms with Gasteiger partial charge in [-0.15, -0.1) is 11.3 Å². The topological polar surface area (TPSA) is 97.6 Å². The maximum atomic E-state index is 12.6. The number of carbonyl (C=O) groups excluding carboxylic acids is 2. The Morgan fingerprint density at radius 2 is 2.18 bits per heavy atom. The minimum atomic E-state index is -0.335. The number of thiophene rings is 1. The van der Waals surface area contributed by atoms with Crippen LogP contribution >= 0.6 is 22.9 Å². The van der Waals surface area contributed by atoms with Crippen LogP contribution in [0.2, 0.25) is 5.02 Å². The van der Waals surface area contributed by atoms with Gasteiger partial charge in [-0.05, 0) is 31.2 Å². The summed E-state index contributed by atoms with van der Waals surface area (Å²) in [6.45, 7) is 3.32. The van der Waals surface area contributed by atoms with E-state index in [4.69, 9.17) is 20.9 Å². The van der Waals surface area contributed by atoms with Gasteiger partial charge < -0.3 is 14.6 Å². The predicted molar refractivity (Wildman–Crippen MR) is 105 cm³/mol. The third-order valence-corrected chi connectivity index (χ3v) is 5.39. The second-order valence-electron chi connectivity index (χ2n) is 6.15. The van der Waals surface area contributed by atoms with Crippen molar-refractivity contribution in [2.75, 3.05) is 23.4 Å². The number of amides is 2. The number of benzene rings is 1. The van der Waals surface area contributed by atoms with Crippen molar-refractivity contribution in [3.63, 3.8) is 0 Å². The highest BCUT2D eigenvalue weighted by Crippen LogP contribution is 2.35. The van der Waals surface area contributed by atoms with Gasteiger partial charge in [0.15, 0.2) is 6.61 Å². The molecule has 2 amide bonds. The number of aromatic nitrogens is 2. The molecule has 10 heteroatoms. The Kier molecular flexibility index (Phi) is 4.78. The average molecular weight is 419 g/mol. The monoisotopic (exact) mass is 418 g/mol. The Balaban J connectivity index is 1.52. The highest BCUT2D eigenvalue weighted by molar-refractivity contribution is 7.16. The highest BCUT2D eigenvalue weighted by atomic mass is 35.5. The van der Waals surface area contributed by atoms with Gasteiger partial charge in [0.05, 0.1) is 16.3 Å². The number of fused-ring (bicyclic) bond motifs is 1. The molecule has 28 heavy (non-hydrogen) atoms. The Morgan fingerprint density at radius 3 is 2.93 bits per heavy atom. The number of aryl methyl sites for hydroxylation is 2. The van der Waals surface area contributed by atoms with Crippen LogP contribution in [0.15, 0.2) is 28.8 Å². The number of nitrogens with zero attached hydrogens (tertiary/aromatic N) is 3. The summed E-state index contributed by atoms with van der Waals surface area (Å²) in [5, 5.41) is 7.18. The van der Waals surface area contributed by atoms with Crippen LogP contribution in [-0.4, -0.2) is 35.1 Å². The fraction of sp³-hybridized carbons (Fsp3) is 0.222. The summed E-state index contributed by atoms with van der Waals surface area (Å²) < 4.78 is 10.4. The van der Waals surface area contributed by atoms with Crippen molar-refractivity contribution in [1.29, 1.82) is 0 Å². The molecule has 144 valence electrons. The molecule has 4 rings (SSSR count). The van der Waals surface area contributed by atoms with Crippen LogP contribution in [0.4, 0.5) is 11.4 Å². The third kappa shape index (κ3) is 3.58. The van der Waals surface area contributed by atoms with E-state index < -0.39 is 0 Å². The van der Waals surface area contributed by atoms with Gasteiger partial charge in [-0.3, -0.25) is 14.5 Å². The zero-order valence-corrected chi connectivity index (χ0v) is 16.6. The first-order valence-corrected chi connectivity index (χ1v) is 9.54. The zero-order valence-electron chi connectivity index (χ0n) is 15.0. The molecule has 0 radical (unpaired) electrons. The standard InChI is InChI=1S/C18H15ClN4O4S/c1-9-12(6-15(28-9)18-20-10(2)27-22-18)21-16(24)7-23-13-5-11(19)3-4-14(13)26-8-17(23)25/h3-6H,7-8H2,1-2H3,(H,21,24). The molecule has 0 spiro atoms. The minimum absolute atomic E-state index is 0.124. The van der Waals surface area contributed by atoms with Crippen LogP contribution < -0.4 is 15.0 Å². The quantitative estimate of drug-likeness (QED) is 0.697. The smallest absolute Gasteiger partial charge is 0.265 e. The van der Waals surface area contributed by atoms with E-state index in [2.05, 4.69) is 15.5 Å². The Bertz CT molecular complexity index is 1080. The van der Waals surface area contributed by atoms with E-state index in [0.29, 0.717) is 33.9 Å². The summed E-state index contributed by atoms with van der Waals surface area (Å²) in [6.07, 6.45) is 0. The van der Waals surface area contributed by atoms with Gasteiger partial charge in [-0.25, -0.2) is 0 Å². The number of rotatable bonds is 4. The minimum Gasteiger partial charge on any atom is -0.482 e. The molecule has 2 aromatic heterocycles. The fourth-order valence-electron chi connectivity index (χ4n) is 2.80. The molecule has 1 N–H and O–H groups in total. The lowest BCUT2D eigenvalue weighted by molar-refractivity contribution is -0.123. The van der Waals surface area contributed by atoms with Gasteiger partial charge in [0, 0.05) is 16.8 Å². The first-order chi connectivity index (χ1) is 13.4. The lowest BCUT2D eigenvalue weighted by Crippen LogP contribution is -2.43. The van der Waals surface area contributed by atoms with E-state index in [1.807, 2.05) is 6.92 Å². The van der Waals surface area contributed by atoms with Crippen molar-refractivity contribution in [1.82, 2.24) is 10.1 Å². The molecule has 0 atom stereocenters. The Hall–Kier alpha value is -2.91. The van der Waals surface area contributed by atoms with Crippen LogP contribution in [0.1, 0.15) is 10.8 Å². The molecule has 0 aliphatic carbocycles. The molecular formula is C18H15ClN4O4S. The summed E-state index contributed by atoms with van der Waals surface area (Å²) in [4.78, 5) is 32.1. The number of carbonyl (C=O) groups is 2. The maximum Gasteiger partial charge on any atom is 0.265 e. The number of anilines is 2. The van der Waals surface area contributed by atoms with Crippen LogP contribution in [0.3, 0.4) is 0 Å². The second kappa shape index (κ2) is 7.25. The molecule has 1 aliphatic rings. The number of nitrogens with one attached hydrogen (secondary N) is 1. The summed E-state index contributed by atoms with van der Waals surface area (Å²) in [7, 11) is 0. The van der Waals surface area contributed by atoms with Crippen molar-refractivity contribution in [3.05, 3.63) is 40.1 Å². The first kappa shape index (κ1) is 18.5. The van der Waals surface area contributed by atoms with Crippen molar-refractivity contribution < 1.29 is 18.8 Å². The zero-order chi connectivity index (χ0) is 19.8. The van der Waals surface area contributed by atoms with Gasteiger partial charge in [0.2, 0.25) is 17.6 Å². The van der Waals surface area contributed by atoms with Crippen LogP contribution in [0.25, 0.3) is 10.7 Å². The summed E-state index contributed by atoms with van der Waals surface area (Å²) in [5.41, 5.74) is 1.11. The van der Waals surface area contributed by atoms with E-state index in [1.165, 1.54) is 16.2 Å². The van der Waals surface area contributed by atoms with Gasteiger partial charge in [-0.2, -0.15) is 4.98 Å². The van der Waals surface area contributed by atoms with E-state index in [0.717, 1.165) is 9.75 Å². The van der Waals surface area contributed by atoms with Crippen LogP contribution in [0.5, 0.6) is 5.75 Å². The molecule has 0 unspecified atom stereocenters. The average Bonchev–Trinajstić information content (AvgIpc) is 3.24. The first-order valence-electron chi connectivity index (χ1n) is 8.34. The fourth-order valence-corrected chi connectivity index (χ4v) is 3.86. The third-order valence-electron chi connectivity index (χ3n) is 4.11. The van der Waals surface area contributed by atoms with E-state index in [9.17, 15) is 9.59 Å². The van der Waals surface area contributed by atoms with Gasteiger partial charge in [0.25, 0.3) is 5.91 Å². The van der Waals surface area contributed by atoms with Crippen molar-refractivity contribution in [2.45, 2.75) is 13.8 Å². The van der Waals surface area contributed by atoms with Crippen molar-refractivity contribution in [2.24, 2.45) is 0 Å². The van der Waals surface area contributed by atoms with E-state index in [1.54, 1.807) is 31.2 Å². The summed E-state index contributed by atoms with van der Waals surface area (Å²) in [5.74, 6) is 0.805. The Morgan fingerprint density at radius 1 is 1.36 bits per heavy atom. The van der Waals surface area contributed by atoms with Gasteiger partial charge in [0.1, 0.15) is 12.3 Å². The Labute approximate surface area is 169 Å². The molecule has 0 fully saturated rings. The second-order valence-corrected chi connectivity index (χ2v) is 7.84. The number of ether oxygens (including phenoxy) is 1. The molecule has 0 saturated heterocycles. The number of hydrogen-bond donors (Lipinski definition) is 1. The normalized spacial score (nSPS) is 13.2. The lowest BCUT2D eigenvalue weighted by Gasteiger charge is -2.29. The van der Waals surface area contributed by atoms with Crippen molar-refractivity contribution in [3.8, 4) is 16.5 Å². The van der Waals surface area contributed by atoms with Gasteiger partial charge >= 0.3 is 0 Å².